The van der Waals surface area contributed by atoms with Crippen molar-refractivity contribution in [2.45, 2.75) is 51.0 Å². The maximum atomic E-state index is 12.8. The molecule has 146 valence electrons. The van der Waals surface area contributed by atoms with Gasteiger partial charge in [-0.25, -0.2) is 0 Å². The number of benzene rings is 1. The monoisotopic (exact) mass is 370 g/mol. The van der Waals surface area contributed by atoms with Crippen LogP contribution in [0, 0.1) is 11.8 Å². The van der Waals surface area contributed by atoms with Crippen molar-refractivity contribution in [1.29, 1.82) is 0 Å². The van der Waals surface area contributed by atoms with Crippen LogP contribution in [-0.2, 0) is 14.3 Å². The largest absolute Gasteiger partial charge is 0.368 e. The molecule has 0 bridgehead atoms. The Balaban J connectivity index is 1.41. The van der Waals surface area contributed by atoms with E-state index >= 15 is 0 Å². The van der Waals surface area contributed by atoms with Crippen LogP contribution in [0.15, 0.2) is 30.3 Å². The molecule has 4 rings (SSSR count). The first-order chi connectivity index (χ1) is 13.2. The molecule has 5 heteroatoms. The predicted octanol–water partition coefficient (Wildman–Crippen LogP) is 3.24. The van der Waals surface area contributed by atoms with E-state index in [-0.39, 0.29) is 24.5 Å². The smallest absolute Gasteiger partial charge is 0.252 e. The van der Waals surface area contributed by atoms with Crippen molar-refractivity contribution in [3.63, 3.8) is 0 Å². The minimum Gasteiger partial charge on any atom is -0.368 e. The van der Waals surface area contributed by atoms with E-state index in [1.807, 2.05) is 40.1 Å². The number of rotatable bonds is 3. The molecule has 0 radical (unpaired) electrons. The van der Waals surface area contributed by atoms with Gasteiger partial charge in [0.2, 0.25) is 5.91 Å². The van der Waals surface area contributed by atoms with Crippen LogP contribution in [0.25, 0.3) is 0 Å². The van der Waals surface area contributed by atoms with Gasteiger partial charge < -0.3 is 14.5 Å². The molecular weight excluding hydrogens is 340 g/mol. The Hall–Kier alpha value is -1.88. The highest BCUT2D eigenvalue weighted by atomic mass is 16.5. The maximum Gasteiger partial charge on any atom is 0.252 e. The van der Waals surface area contributed by atoms with Crippen LogP contribution in [0.3, 0.4) is 0 Å². The molecule has 0 unspecified atom stereocenters. The number of amides is 2. The highest BCUT2D eigenvalue weighted by Gasteiger charge is 2.37. The van der Waals surface area contributed by atoms with Gasteiger partial charge in [-0.1, -0.05) is 37.5 Å². The van der Waals surface area contributed by atoms with Crippen LogP contribution in [0.1, 0.15) is 44.9 Å². The topological polar surface area (TPSA) is 49.9 Å². The summed E-state index contributed by atoms with van der Waals surface area (Å²) in [5.74, 6) is 1.05. The normalized spacial score (nSPS) is 27.2. The average Bonchev–Trinajstić information content (AvgIpc) is 2.88. The molecule has 3 fully saturated rings. The van der Waals surface area contributed by atoms with Crippen LogP contribution < -0.4 is 4.90 Å². The van der Waals surface area contributed by atoms with Crippen molar-refractivity contribution < 1.29 is 14.3 Å². The van der Waals surface area contributed by atoms with Crippen molar-refractivity contribution in [3.05, 3.63) is 30.3 Å². The van der Waals surface area contributed by atoms with Gasteiger partial charge in [-0.15, -0.1) is 0 Å². The summed E-state index contributed by atoms with van der Waals surface area (Å²) in [4.78, 5) is 29.3. The fourth-order valence-electron chi connectivity index (χ4n) is 4.85. The summed E-state index contributed by atoms with van der Waals surface area (Å²) < 4.78 is 5.92. The second-order valence-electron chi connectivity index (χ2n) is 8.29. The first-order valence-corrected chi connectivity index (χ1v) is 10.5. The number of carbonyl (C=O) groups is 2. The van der Waals surface area contributed by atoms with Gasteiger partial charge in [-0.2, -0.15) is 0 Å². The summed E-state index contributed by atoms with van der Waals surface area (Å²) in [5, 5.41) is 0. The molecule has 2 amide bonds. The number of carbonyl (C=O) groups excluding carboxylic acids is 2. The summed E-state index contributed by atoms with van der Waals surface area (Å²) >= 11 is 0. The number of likely N-dealkylation sites (tertiary alicyclic amines) is 1. The molecular formula is C22H30N2O3. The van der Waals surface area contributed by atoms with Gasteiger partial charge in [0.15, 0.2) is 0 Å². The fraction of sp³-hybridized carbons (Fsp3) is 0.636. The quantitative estimate of drug-likeness (QED) is 0.821. The molecule has 5 nitrogen and oxygen atoms in total. The molecule has 2 atom stereocenters. The molecule has 1 aromatic rings. The van der Waals surface area contributed by atoms with E-state index in [1.165, 1.54) is 32.1 Å². The molecule has 3 aliphatic rings. The van der Waals surface area contributed by atoms with Gasteiger partial charge in [-0.3, -0.25) is 9.59 Å². The number of hydrogen-bond donors (Lipinski definition) is 0. The third-order valence-corrected chi connectivity index (χ3v) is 6.41. The first kappa shape index (κ1) is 18.5. The van der Waals surface area contributed by atoms with Crippen molar-refractivity contribution in [1.82, 2.24) is 4.90 Å². The molecule has 1 aliphatic carbocycles. The lowest BCUT2D eigenvalue weighted by Crippen LogP contribution is -2.49. The Morgan fingerprint density at radius 2 is 1.81 bits per heavy atom. The lowest BCUT2D eigenvalue weighted by molar-refractivity contribution is -0.138. The molecule has 0 N–H and O–H groups in total. The summed E-state index contributed by atoms with van der Waals surface area (Å²) in [6.45, 7) is 2.21. The number of hydrogen-bond acceptors (Lipinski definition) is 3. The average molecular weight is 370 g/mol. The molecule has 27 heavy (non-hydrogen) atoms. The zero-order chi connectivity index (χ0) is 18.6. The zero-order valence-corrected chi connectivity index (χ0v) is 16.0. The lowest BCUT2D eigenvalue weighted by Gasteiger charge is -2.38. The summed E-state index contributed by atoms with van der Waals surface area (Å²) in [7, 11) is 0. The molecule has 2 aliphatic heterocycles. The molecule has 1 saturated carbocycles. The Kier molecular flexibility index (Phi) is 5.77. The van der Waals surface area contributed by atoms with Gasteiger partial charge in [0, 0.05) is 37.7 Å². The third kappa shape index (κ3) is 4.34. The second-order valence-corrected chi connectivity index (χ2v) is 8.29. The number of anilines is 1. The number of fused-ring (bicyclic) bond motifs is 1. The van der Waals surface area contributed by atoms with E-state index in [0.717, 1.165) is 18.7 Å². The third-order valence-electron chi connectivity index (χ3n) is 6.41. The van der Waals surface area contributed by atoms with E-state index < -0.39 is 0 Å². The first-order valence-electron chi connectivity index (χ1n) is 10.5. The van der Waals surface area contributed by atoms with Crippen molar-refractivity contribution in [2.24, 2.45) is 11.8 Å². The van der Waals surface area contributed by atoms with Crippen molar-refractivity contribution >= 4 is 17.5 Å². The fourth-order valence-corrected chi connectivity index (χ4v) is 4.85. The highest BCUT2D eigenvalue weighted by molar-refractivity contribution is 5.94. The summed E-state index contributed by atoms with van der Waals surface area (Å²) in [6, 6.07) is 9.79. The van der Waals surface area contributed by atoms with Crippen LogP contribution in [0.2, 0.25) is 0 Å². The zero-order valence-electron chi connectivity index (χ0n) is 16.0. The molecule has 1 aromatic carbocycles. The number of para-hydroxylation sites is 1. The van der Waals surface area contributed by atoms with Crippen LogP contribution >= 0.6 is 0 Å². The van der Waals surface area contributed by atoms with Gasteiger partial charge in [0.25, 0.3) is 5.91 Å². The lowest BCUT2D eigenvalue weighted by atomic mass is 9.86. The second kappa shape index (κ2) is 8.42. The molecule has 0 spiro atoms. The Labute approximate surface area is 161 Å². The Morgan fingerprint density at radius 1 is 1.04 bits per heavy atom. The van der Waals surface area contributed by atoms with Crippen LogP contribution in [0.4, 0.5) is 5.69 Å². The molecule has 2 saturated heterocycles. The molecule has 2 heterocycles. The van der Waals surface area contributed by atoms with Crippen molar-refractivity contribution in [3.8, 4) is 0 Å². The highest BCUT2D eigenvalue weighted by Crippen LogP contribution is 2.30. The van der Waals surface area contributed by atoms with Crippen LogP contribution in [-0.4, -0.2) is 49.1 Å². The van der Waals surface area contributed by atoms with E-state index in [4.69, 9.17) is 4.74 Å². The van der Waals surface area contributed by atoms with Gasteiger partial charge in [0.1, 0.15) is 6.61 Å². The van der Waals surface area contributed by atoms with Gasteiger partial charge in [0.05, 0.1) is 6.10 Å². The molecule has 0 aromatic heterocycles. The van der Waals surface area contributed by atoms with Crippen molar-refractivity contribution in [2.75, 3.05) is 31.1 Å². The summed E-state index contributed by atoms with van der Waals surface area (Å²) in [6.07, 6.45) is 7.85. The van der Waals surface area contributed by atoms with E-state index in [1.54, 1.807) is 0 Å². The predicted molar refractivity (Wildman–Crippen MR) is 104 cm³/mol. The van der Waals surface area contributed by atoms with Gasteiger partial charge >= 0.3 is 0 Å². The number of nitrogens with zero attached hydrogens (tertiary/aromatic N) is 2. The Bertz CT molecular complexity index is 657. The van der Waals surface area contributed by atoms with E-state index in [2.05, 4.69) is 0 Å². The van der Waals surface area contributed by atoms with E-state index in [9.17, 15) is 9.59 Å². The maximum absolute atomic E-state index is 12.8. The minimum atomic E-state index is 0.00989. The minimum absolute atomic E-state index is 0.00989. The SMILES string of the molecule is O=C(CC1CCCCC1)N1CC[C@@H]2OCC(=O)N(c3ccccc3)C[C@H]2C1. The standard InChI is InChI=1S/C22H30N2O3/c25-21(13-17-7-3-1-4-8-17)23-12-11-20-18(14-23)15-24(22(26)16-27-20)19-9-5-2-6-10-19/h2,5-6,9-10,17-18,20H,1,3-4,7-8,11-16H2/t18-,20+/m1/s1. The van der Waals surface area contributed by atoms with Gasteiger partial charge in [-0.05, 0) is 37.3 Å². The Morgan fingerprint density at radius 3 is 2.59 bits per heavy atom. The van der Waals surface area contributed by atoms with E-state index in [0.29, 0.717) is 31.3 Å². The van der Waals surface area contributed by atoms with Crippen LogP contribution in [0.5, 0.6) is 0 Å². The number of piperidine rings is 1. The number of ether oxygens (including phenoxy) is 1. The summed E-state index contributed by atoms with van der Waals surface area (Å²) in [5.41, 5.74) is 0.914.